The second-order valence-electron chi connectivity index (χ2n) is 9.42. The van der Waals surface area contributed by atoms with Crippen molar-refractivity contribution < 1.29 is 9.53 Å². The van der Waals surface area contributed by atoms with E-state index in [-0.39, 0.29) is 11.1 Å². The first kappa shape index (κ1) is 22.0. The van der Waals surface area contributed by atoms with Crippen LogP contribution in [0.15, 0.2) is 73.3 Å². The van der Waals surface area contributed by atoms with Crippen molar-refractivity contribution >= 4 is 18.7 Å². The van der Waals surface area contributed by atoms with Crippen LogP contribution in [0.3, 0.4) is 0 Å². The van der Waals surface area contributed by atoms with E-state index >= 15 is 0 Å². The van der Waals surface area contributed by atoms with E-state index in [2.05, 4.69) is 88.0 Å². The lowest BCUT2D eigenvalue weighted by atomic mass is 9.90. The van der Waals surface area contributed by atoms with Gasteiger partial charge in [0, 0.05) is 6.61 Å². The topological polar surface area (TPSA) is 29.5 Å². The summed E-state index contributed by atoms with van der Waals surface area (Å²) in [6, 6.07) is 21.6. The fraction of sp³-hybridized carbons (Fsp3) is 0.462. The summed E-state index contributed by atoms with van der Waals surface area (Å²) in [5, 5.41) is 13.3. The Labute approximate surface area is 177 Å². The Morgan fingerprint density at radius 2 is 1.59 bits per heavy atom. The van der Waals surface area contributed by atoms with Crippen LogP contribution < -0.4 is 10.4 Å². The van der Waals surface area contributed by atoms with Crippen LogP contribution in [0.25, 0.3) is 0 Å². The Hall–Kier alpha value is -1.68. The zero-order chi connectivity index (χ0) is 20.9. The summed E-state index contributed by atoms with van der Waals surface area (Å²) in [6.45, 7) is 11.5. The van der Waals surface area contributed by atoms with Crippen molar-refractivity contribution in [3.63, 3.8) is 0 Å². The second kappa shape index (κ2) is 9.42. The van der Waals surface area contributed by atoms with Crippen molar-refractivity contribution in [3.8, 4) is 0 Å². The molecule has 2 aromatic rings. The van der Waals surface area contributed by atoms with Crippen LogP contribution in [-0.4, -0.2) is 26.1 Å². The van der Waals surface area contributed by atoms with E-state index in [1.165, 1.54) is 16.8 Å². The van der Waals surface area contributed by atoms with Gasteiger partial charge in [0.25, 0.3) is 8.32 Å². The van der Waals surface area contributed by atoms with Gasteiger partial charge >= 0.3 is 0 Å². The minimum Gasteiger partial charge on any atom is -0.407 e. The number of aliphatic hydroxyl groups excluding tert-OH is 1. The minimum atomic E-state index is -2.50. The maximum absolute atomic E-state index is 10.6. The van der Waals surface area contributed by atoms with Crippen molar-refractivity contribution in [2.24, 2.45) is 11.8 Å². The molecule has 29 heavy (non-hydrogen) atoms. The molecule has 0 bridgehead atoms. The minimum absolute atomic E-state index is 0.0104. The maximum Gasteiger partial charge on any atom is 0.261 e. The molecule has 0 amide bonds. The number of aliphatic hydroxyl groups is 1. The van der Waals surface area contributed by atoms with Crippen LogP contribution in [0.4, 0.5) is 0 Å². The molecule has 0 saturated heterocycles. The average molecular weight is 409 g/mol. The van der Waals surface area contributed by atoms with E-state index < -0.39 is 8.32 Å². The normalized spacial score (nSPS) is 21.1. The molecule has 0 radical (unpaired) electrons. The van der Waals surface area contributed by atoms with Crippen molar-refractivity contribution in [1.82, 2.24) is 0 Å². The lowest BCUT2D eigenvalue weighted by molar-refractivity contribution is 0.0691. The molecule has 2 aromatic carbocycles. The van der Waals surface area contributed by atoms with Crippen LogP contribution >= 0.6 is 0 Å². The molecule has 1 aliphatic carbocycles. The lowest BCUT2D eigenvalue weighted by Gasteiger charge is -2.44. The van der Waals surface area contributed by atoms with Crippen molar-refractivity contribution in [2.75, 3.05) is 6.61 Å². The van der Waals surface area contributed by atoms with Gasteiger partial charge in [0.1, 0.15) is 0 Å². The van der Waals surface area contributed by atoms with Gasteiger partial charge in [-0.1, -0.05) is 93.9 Å². The van der Waals surface area contributed by atoms with Gasteiger partial charge < -0.3 is 9.53 Å². The molecule has 0 aromatic heterocycles. The van der Waals surface area contributed by atoms with Crippen molar-refractivity contribution in [1.29, 1.82) is 0 Å². The summed E-state index contributed by atoms with van der Waals surface area (Å²) >= 11 is 0. The SMILES string of the molecule is C=CC[C@H](O)[C@@H]1CCC[C@H]1CO[Si](c1ccccc1)(c1ccccc1)C(C)(C)C. The first-order chi connectivity index (χ1) is 13.9. The molecular weight excluding hydrogens is 372 g/mol. The van der Waals surface area contributed by atoms with Crippen LogP contribution in [-0.2, 0) is 4.43 Å². The Balaban J connectivity index is 1.97. The van der Waals surface area contributed by atoms with Crippen LogP contribution in [0.2, 0.25) is 5.04 Å². The highest BCUT2D eigenvalue weighted by atomic mass is 28.4. The quantitative estimate of drug-likeness (QED) is 0.496. The maximum atomic E-state index is 10.6. The van der Waals surface area contributed by atoms with Gasteiger partial charge in [-0.25, -0.2) is 0 Å². The van der Waals surface area contributed by atoms with Crippen molar-refractivity contribution in [3.05, 3.63) is 73.3 Å². The summed E-state index contributed by atoms with van der Waals surface area (Å²) < 4.78 is 7.11. The van der Waals surface area contributed by atoms with Gasteiger partial charge in [-0.2, -0.15) is 0 Å². The standard InChI is InChI=1S/C26H36O2Si/c1-5-13-25(27)24-19-12-14-21(24)20-28-29(26(2,3)4,22-15-8-6-9-16-22)23-17-10-7-11-18-23/h5-11,15-18,21,24-25,27H,1,12-14,19-20H2,2-4H3/t21-,24+,25-/m0/s1. The van der Waals surface area contributed by atoms with E-state index in [9.17, 15) is 5.11 Å². The zero-order valence-corrected chi connectivity index (χ0v) is 19.2. The molecule has 0 aliphatic heterocycles. The molecule has 3 rings (SSSR count). The summed E-state index contributed by atoms with van der Waals surface area (Å²) in [6.07, 6.45) is 5.60. The third-order valence-electron chi connectivity index (χ3n) is 6.55. The molecule has 1 N–H and O–H groups in total. The van der Waals surface area contributed by atoms with E-state index in [1.807, 2.05) is 6.08 Å². The Kier molecular flexibility index (Phi) is 7.15. The number of rotatable bonds is 8. The predicted octanol–water partition coefficient (Wildman–Crippen LogP) is 4.92. The predicted molar refractivity (Wildman–Crippen MR) is 125 cm³/mol. The zero-order valence-electron chi connectivity index (χ0n) is 18.2. The molecule has 3 atom stereocenters. The number of hydrogen-bond acceptors (Lipinski definition) is 2. The highest BCUT2D eigenvalue weighted by molar-refractivity contribution is 6.99. The Bertz CT molecular complexity index is 727. The monoisotopic (exact) mass is 408 g/mol. The summed E-state index contributed by atoms with van der Waals surface area (Å²) in [5.74, 6) is 0.720. The average Bonchev–Trinajstić information content (AvgIpc) is 3.18. The molecule has 1 saturated carbocycles. The third-order valence-corrected chi connectivity index (χ3v) is 11.6. The molecule has 0 heterocycles. The third kappa shape index (κ3) is 4.58. The molecule has 156 valence electrons. The van der Waals surface area contributed by atoms with E-state index in [0.29, 0.717) is 24.9 Å². The largest absolute Gasteiger partial charge is 0.407 e. The van der Waals surface area contributed by atoms with Gasteiger partial charge in [0.2, 0.25) is 0 Å². The van der Waals surface area contributed by atoms with Crippen LogP contribution in [0.5, 0.6) is 0 Å². The highest BCUT2D eigenvalue weighted by Gasteiger charge is 2.50. The van der Waals surface area contributed by atoms with Gasteiger partial charge in [0.15, 0.2) is 0 Å². The summed E-state index contributed by atoms with van der Waals surface area (Å²) in [5.41, 5.74) is 0. The molecule has 3 heteroatoms. The molecule has 1 fully saturated rings. The fourth-order valence-electron chi connectivity index (χ4n) is 5.12. The second-order valence-corrected chi connectivity index (χ2v) is 13.7. The first-order valence-electron chi connectivity index (χ1n) is 10.9. The molecule has 1 aliphatic rings. The number of hydrogen-bond donors (Lipinski definition) is 1. The lowest BCUT2D eigenvalue weighted by Crippen LogP contribution is -2.67. The van der Waals surface area contributed by atoms with Gasteiger partial charge in [-0.3, -0.25) is 0 Å². The molecule has 0 spiro atoms. The fourth-order valence-corrected chi connectivity index (χ4v) is 9.74. The van der Waals surface area contributed by atoms with Crippen molar-refractivity contribution in [2.45, 2.75) is 57.6 Å². The Morgan fingerprint density at radius 3 is 2.07 bits per heavy atom. The highest BCUT2D eigenvalue weighted by Crippen LogP contribution is 2.40. The van der Waals surface area contributed by atoms with Crippen LogP contribution in [0, 0.1) is 11.8 Å². The molecule has 2 nitrogen and oxygen atoms in total. The van der Waals surface area contributed by atoms with E-state index in [1.54, 1.807) is 0 Å². The first-order valence-corrected chi connectivity index (χ1v) is 12.8. The van der Waals surface area contributed by atoms with E-state index in [0.717, 1.165) is 12.8 Å². The Morgan fingerprint density at radius 1 is 1.03 bits per heavy atom. The summed E-state index contributed by atoms with van der Waals surface area (Å²) in [7, 11) is -2.50. The van der Waals surface area contributed by atoms with Crippen LogP contribution in [0.1, 0.15) is 46.5 Å². The molecule has 0 unspecified atom stereocenters. The molecular formula is C26H36O2Si. The van der Waals surface area contributed by atoms with E-state index in [4.69, 9.17) is 4.43 Å². The van der Waals surface area contributed by atoms with Gasteiger partial charge in [0.05, 0.1) is 6.10 Å². The van der Waals surface area contributed by atoms with Gasteiger partial charge in [-0.15, -0.1) is 6.58 Å². The smallest absolute Gasteiger partial charge is 0.261 e. The summed E-state index contributed by atoms with van der Waals surface area (Å²) in [4.78, 5) is 0. The number of benzene rings is 2. The van der Waals surface area contributed by atoms with Gasteiger partial charge in [-0.05, 0) is 46.5 Å².